The molecule has 1 aliphatic heterocycles. The van der Waals surface area contributed by atoms with Gasteiger partial charge in [-0.15, -0.1) is 11.3 Å². The average molecular weight is 640 g/mol. The van der Waals surface area contributed by atoms with Crippen LogP contribution in [0.25, 0.3) is 11.0 Å². The molecule has 1 atom stereocenters. The van der Waals surface area contributed by atoms with Gasteiger partial charge in [0.2, 0.25) is 5.95 Å². The van der Waals surface area contributed by atoms with Crippen LogP contribution >= 0.6 is 11.3 Å². The van der Waals surface area contributed by atoms with E-state index in [9.17, 15) is 13.2 Å². The van der Waals surface area contributed by atoms with Crippen LogP contribution in [0, 0.1) is 24.7 Å². The summed E-state index contributed by atoms with van der Waals surface area (Å²) in [6, 6.07) is 11.4. The van der Waals surface area contributed by atoms with Crippen LogP contribution in [0.1, 0.15) is 40.1 Å². The van der Waals surface area contributed by atoms with Crippen molar-refractivity contribution in [2.24, 2.45) is 5.92 Å². The highest BCUT2D eigenvalue weighted by Crippen LogP contribution is 2.23. The van der Waals surface area contributed by atoms with E-state index in [4.69, 9.17) is 4.98 Å². The molecular formula is C33H33N7O3S2. The Morgan fingerprint density at radius 1 is 1.11 bits per heavy atom. The zero-order valence-corrected chi connectivity index (χ0v) is 27.0. The Morgan fingerprint density at radius 3 is 2.67 bits per heavy atom. The van der Waals surface area contributed by atoms with E-state index in [1.165, 1.54) is 59.3 Å². The van der Waals surface area contributed by atoms with Crippen LogP contribution in [-0.2, 0) is 22.8 Å². The van der Waals surface area contributed by atoms with Gasteiger partial charge in [0, 0.05) is 52.9 Å². The number of sulfone groups is 1. The Morgan fingerprint density at radius 2 is 1.93 bits per heavy atom. The summed E-state index contributed by atoms with van der Waals surface area (Å²) in [5, 5.41) is 3.84. The fraction of sp³-hybridized carbons (Fsp3) is 0.303. The molecule has 6 rings (SSSR count). The number of hydrogen-bond donors (Lipinski definition) is 1. The minimum atomic E-state index is -3.58. The maximum atomic E-state index is 13.9. The van der Waals surface area contributed by atoms with Crippen molar-refractivity contribution in [2.45, 2.75) is 37.6 Å². The lowest BCUT2D eigenvalue weighted by Gasteiger charge is -2.29. The number of aromatic nitrogens is 5. The molecule has 1 unspecified atom stereocenters. The second-order valence-corrected chi connectivity index (χ2v) is 14.5. The molecule has 1 aromatic carbocycles. The molecule has 45 heavy (non-hydrogen) atoms. The van der Waals surface area contributed by atoms with E-state index < -0.39 is 15.4 Å². The third kappa shape index (κ3) is 7.12. The van der Waals surface area contributed by atoms with Gasteiger partial charge in [-0.05, 0) is 81.4 Å². The zero-order valence-electron chi connectivity index (χ0n) is 25.3. The molecule has 0 radical (unpaired) electrons. The summed E-state index contributed by atoms with van der Waals surface area (Å²) < 4.78 is 26.5. The number of pyridine rings is 2. The first-order valence-corrected chi connectivity index (χ1v) is 17.4. The summed E-state index contributed by atoms with van der Waals surface area (Å²) in [5.41, 5.74) is 4.95. The molecule has 1 fully saturated rings. The standard InChI is InChI=1S/C33H33N7O3S2/c1-22-29(36-21-44-22)11-8-25-16-26-18-35-33(37-28-9-6-23(7-10-28)15-24-5-4-14-39(2)19-24)38-31(26)40(32(25)41)20-27-17-34-13-12-30(27)45(3,42)43/h6-7,9-10,12-13,16-18,21,24H,4-5,14-15,19-20H2,1-3H3,(H,35,37,38). The fourth-order valence-corrected chi connectivity index (χ4v) is 7.13. The molecule has 0 saturated carbocycles. The number of nitrogens with zero attached hydrogens (tertiary/aromatic N) is 6. The molecule has 1 aliphatic rings. The van der Waals surface area contributed by atoms with Crippen LogP contribution in [0.3, 0.4) is 0 Å². The molecule has 5 heterocycles. The van der Waals surface area contributed by atoms with E-state index in [0.29, 0.717) is 34.2 Å². The molecule has 4 aromatic heterocycles. The minimum absolute atomic E-state index is 0.0711. The smallest absolute Gasteiger partial charge is 0.268 e. The van der Waals surface area contributed by atoms with Gasteiger partial charge in [-0.1, -0.05) is 18.1 Å². The predicted molar refractivity (Wildman–Crippen MR) is 177 cm³/mol. The maximum absolute atomic E-state index is 13.9. The first-order valence-electron chi connectivity index (χ1n) is 14.6. The number of hydrogen-bond acceptors (Lipinski definition) is 10. The van der Waals surface area contributed by atoms with Crippen molar-refractivity contribution in [1.82, 2.24) is 29.4 Å². The maximum Gasteiger partial charge on any atom is 0.268 e. The number of fused-ring (bicyclic) bond motifs is 1. The van der Waals surface area contributed by atoms with Gasteiger partial charge in [-0.2, -0.15) is 4.98 Å². The normalized spacial score (nSPS) is 15.5. The van der Waals surface area contributed by atoms with Crippen molar-refractivity contribution < 1.29 is 8.42 Å². The largest absolute Gasteiger partial charge is 0.324 e. The number of nitrogens with one attached hydrogen (secondary N) is 1. The molecular weight excluding hydrogens is 607 g/mol. The number of anilines is 2. The minimum Gasteiger partial charge on any atom is -0.324 e. The summed E-state index contributed by atoms with van der Waals surface area (Å²) in [5.74, 6) is 6.92. The molecule has 10 nitrogen and oxygen atoms in total. The van der Waals surface area contributed by atoms with Crippen molar-refractivity contribution in [1.29, 1.82) is 0 Å². The van der Waals surface area contributed by atoms with Crippen LogP contribution in [0.15, 0.2) is 70.2 Å². The van der Waals surface area contributed by atoms with Gasteiger partial charge in [-0.25, -0.2) is 18.4 Å². The summed E-state index contributed by atoms with van der Waals surface area (Å²) >= 11 is 1.48. The number of benzene rings is 1. The highest BCUT2D eigenvalue weighted by molar-refractivity contribution is 7.90. The number of thiazole rings is 1. The van der Waals surface area contributed by atoms with E-state index in [1.807, 2.05) is 19.1 Å². The number of rotatable bonds is 7. The Kier molecular flexibility index (Phi) is 8.76. The SMILES string of the molecule is Cc1scnc1C#Cc1cc2cnc(Nc3ccc(CC4CCCN(C)C4)cc3)nc2n(Cc2cnccc2S(C)(=O)=O)c1=O. The summed E-state index contributed by atoms with van der Waals surface area (Å²) in [7, 11) is -1.40. The van der Waals surface area contributed by atoms with Crippen LogP contribution in [0.5, 0.6) is 0 Å². The van der Waals surface area contributed by atoms with Crippen LogP contribution in [-0.4, -0.2) is 64.2 Å². The Labute approximate surface area is 266 Å². The van der Waals surface area contributed by atoms with Crippen molar-refractivity contribution >= 4 is 43.8 Å². The van der Waals surface area contributed by atoms with E-state index in [0.717, 1.165) is 29.8 Å². The number of aryl methyl sites for hydroxylation is 1. The van der Waals surface area contributed by atoms with Crippen molar-refractivity contribution in [3.8, 4) is 11.8 Å². The third-order valence-electron chi connectivity index (χ3n) is 7.93. The molecule has 5 aromatic rings. The van der Waals surface area contributed by atoms with Crippen LogP contribution < -0.4 is 10.9 Å². The zero-order chi connectivity index (χ0) is 31.6. The average Bonchev–Trinajstić information content (AvgIpc) is 3.43. The molecule has 1 saturated heterocycles. The first kappa shape index (κ1) is 30.6. The second kappa shape index (κ2) is 12.9. The monoisotopic (exact) mass is 639 g/mol. The van der Waals surface area contributed by atoms with Gasteiger partial charge in [0.05, 0.1) is 22.5 Å². The lowest BCUT2D eigenvalue weighted by atomic mass is 9.91. The van der Waals surface area contributed by atoms with Gasteiger partial charge in [0.25, 0.3) is 5.56 Å². The predicted octanol–water partition coefficient (Wildman–Crippen LogP) is 4.43. The highest BCUT2D eigenvalue weighted by Gasteiger charge is 2.19. The molecule has 0 amide bonds. The number of piperidine rings is 1. The van der Waals surface area contributed by atoms with Crippen LogP contribution in [0.4, 0.5) is 11.6 Å². The molecule has 0 aliphatic carbocycles. The number of likely N-dealkylation sites (tertiary alicyclic amines) is 1. The van der Waals surface area contributed by atoms with E-state index in [1.54, 1.807) is 17.8 Å². The summed E-state index contributed by atoms with van der Waals surface area (Å²) in [6.07, 6.45) is 9.17. The quantitative estimate of drug-likeness (QED) is 0.258. The highest BCUT2D eigenvalue weighted by atomic mass is 32.2. The molecule has 230 valence electrons. The third-order valence-corrected chi connectivity index (χ3v) is 9.89. The first-order chi connectivity index (χ1) is 21.6. The van der Waals surface area contributed by atoms with Crippen LogP contribution in [0.2, 0.25) is 0 Å². The van der Waals surface area contributed by atoms with Gasteiger partial charge >= 0.3 is 0 Å². The van der Waals surface area contributed by atoms with Gasteiger partial charge in [0.15, 0.2) is 9.84 Å². The van der Waals surface area contributed by atoms with E-state index in [-0.39, 0.29) is 17.0 Å². The topological polar surface area (TPSA) is 123 Å². The van der Waals surface area contributed by atoms with Gasteiger partial charge in [0.1, 0.15) is 11.3 Å². The van der Waals surface area contributed by atoms with E-state index >= 15 is 0 Å². The van der Waals surface area contributed by atoms with Gasteiger partial charge in [-0.3, -0.25) is 14.3 Å². The molecule has 0 bridgehead atoms. The molecule has 0 spiro atoms. The Balaban J connectivity index is 1.35. The second-order valence-electron chi connectivity index (χ2n) is 11.5. The van der Waals surface area contributed by atoms with Crippen molar-refractivity contribution in [3.05, 3.63) is 98.1 Å². The lowest BCUT2D eigenvalue weighted by Crippen LogP contribution is -2.32. The van der Waals surface area contributed by atoms with Crippen molar-refractivity contribution in [3.63, 3.8) is 0 Å². The molecule has 1 N–H and O–H groups in total. The van der Waals surface area contributed by atoms with E-state index in [2.05, 4.69) is 56.2 Å². The summed E-state index contributed by atoms with van der Waals surface area (Å²) in [4.78, 5) is 34.9. The summed E-state index contributed by atoms with van der Waals surface area (Å²) in [6.45, 7) is 4.13. The fourth-order valence-electron chi connectivity index (χ4n) is 5.70. The Bertz CT molecular complexity index is 2100. The Hall–Kier alpha value is -4.44. The lowest BCUT2D eigenvalue weighted by molar-refractivity contribution is 0.209. The van der Waals surface area contributed by atoms with Gasteiger partial charge < -0.3 is 10.2 Å². The van der Waals surface area contributed by atoms with Crippen molar-refractivity contribution in [2.75, 3.05) is 31.7 Å². The molecule has 12 heteroatoms.